The molecule has 0 bridgehead atoms. The lowest BCUT2D eigenvalue weighted by Crippen LogP contribution is -2.38. The van der Waals surface area contributed by atoms with Crippen molar-refractivity contribution in [3.63, 3.8) is 0 Å². The highest BCUT2D eigenvalue weighted by atomic mass is 16.5. The lowest BCUT2D eigenvalue weighted by molar-refractivity contribution is -0.131. The van der Waals surface area contributed by atoms with Gasteiger partial charge < -0.3 is 14.2 Å². The molecular weight excluding hydrogens is 318 g/mol. The number of hydrogen-bond acceptors (Lipinski definition) is 5. The Bertz CT molecular complexity index is 702. The predicted molar refractivity (Wildman–Crippen MR) is 91.2 cm³/mol. The maximum Gasteiger partial charge on any atom is 0.229 e. The van der Waals surface area contributed by atoms with Gasteiger partial charge in [-0.3, -0.25) is 4.79 Å². The second-order valence-corrected chi connectivity index (χ2v) is 6.87. The zero-order valence-electron chi connectivity index (χ0n) is 14.3. The van der Waals surface area contributed by atoms with Gasteiger partial charge in [-0.15, -0.1) is 0 Å². The molecule has 1 amide bonds. The Morgan fingerprint density at radius 3 is 2.64 bits per heavy atom. The number of amides is 1. The van der Waals surface area contributed by atoms with Crippen LogP contribution in [0.1, 0.15) is 48.4 Å². The number of benzene rings is 1. The van der Waals surface area contributed by atoms with Crippen molar-refractivity contribution in [1.82, 2.24) is 15.0 Å². The lowest BCUT2D eigenvalue weighted by Gasteiger charge is -2.30. The number of aromatic nitrogens is 2. The van der Waals surface area contributed by atoms with Crippen LogP contribution in [-0.2, 0) is 16.0 Å². The summed E-state index contributed by atoms with van der Waals surface area (Å²) < 4.78 is 10.9. The molecule has 3 heterocycles. The van der Waals surface area contributed by atoms with Gasteiger partial charge in [-0.25, -0.2) is 0 Å². The van der Waals surface area contributed by atoms with Crippen LogP contribution >= 0.6 is 0 Å². The average Bonchev–Trinajstić information content (AvgIpc) is 3.34. The van der Waals surface area contributed by atoms with Crippen molar-refractivity contribution in [1.29, 1.82) is 0 Å². The molecule has 2 saturated heterocycles. The van der Waals surface area contributed by atoms with Crippen molar-refractivity contribution in [3.05, 3.63) is 47.6 Å². The zero-order valence-corrected chi connectivity index (χ0v) is 14.3. The molecule has 0 N–H and O–H groups in total. The predicted octanol–water partition coefficient (Wildman–Crippen LogP) is 2.52. The van der Waals surface area contributed by atoms with Gasteiger partial charge in [0.25, 0.3) is 0 Å². The van der Waals surface area contributed by atoms with Crippen LogP contribution < -0.4 is 0 Å². The van der Waals surface area contributed by atoms with Crippen molar-refractivity contribution in [2.24, 2.45) is 0 Å². The van der Waals surface area contributed by atoms with Gasteiger partial charge in [0.1, 0.15) is 0 Å². The van der Waals surface area contributed by atoms with Gasteiger partial charge in [-0.05, 0) is 24.8 Å². The molecule has 1 atom stereocenters. The van der Waals surface area contributed by atoms with Crippen molar-refractivity contribution < 1.29 is 14.1 Å². The first-order valence-corrected chi connectivity index (χ1v) is 9.02. The quantitative estimate of drug-likeness (QED) is 0.855. The van der Waals surface area contributed by atoms with Gasteiger partial charge in [0.15, 0.2) is 5.82 Å². The molecule has 25 heavy (non-hydrogen) atoms. The fourth-order valence-corrected chi connectivity index (χ4v) is 3.58. The highest BCUT2D eigenvalue weighted by Gasteiger charge is 2.29. The van der Waals surface area contributed by atoms with Crippen LogP contribution in [0.15, 0.2) is 34.9 Å². The molecule has 6 nitrogen and oxygen atoms in total. The van der Waals surface area contributed by atoms with Crippen molar-refractivity contribution in [2.75, 3.05) is 26.3 Å². The van der Waals surface area contributed by atoms with E-state index in [2.05, 4.69) is 10.1 Å². The number of carbonyl (C=O) groups is 1. The van der Waals surface area contributed by atoms with E-state index in [-0.39, 0.29) is 17.7 Å². The molecule has 0 saturated carbocycles. The van der Waals surface area contributed by atoms with E-state index in [4.69, 9.17) is 9.26 Å². The third-order valence-corrected chi connectivity index (χ3v) is 5.15. The minimum absolute atomic E-state index is 0.193. The number of nitrogens with zero attached hydrogens (tertiary/aromatic N) is 3. The molecule has 0 radical (unpaired) electrons. The van der Waals surface area contributed by atoms with Crippen LogP contribution in [0.4, 0.5) is 0 Å². The van der Waals surface area contributed by atoms with E-state index in [9.17, 15) is 4.79 Å². The van der Waals surface area contributed by atoms with E-state index >= 15 is 0 Å². The van der Waals surface area contributed by atoms with Crippen LogP contribution in [0.2, 0.25) is 0 Å². The molecule has 2 aliphatic rings. The second-order valence-electron chi connectivity index (χ2n) is 6.87. The minimum Gasteiger partial charge on any atom is -0.381 e. The van der Waals surface area contributed by atoms with E-state index in [0.29, 0.717) is 13.0 Å². The van der Waals surface area contributed by atoms with Crippen molar-refractivity contribution in [2.45, 2.75) is 37.5 Å². The largest absolute Gasteiger partial charge is 0.381 e. The molecule has 4 rings (SSSR count). The SMILES string of the molecule is O=C(Cc1ccccc1)N1CCC(c2nc([C@H]3CCOC3)no2)CC1. The summed E-state index contributed by atoms with van der Waals surface area (Å²) in [7, 11) is 0. The standard InChI is InChI=1S/C19H23N3O3/c23-17(12-14-4-2-1-3-5-14)22-9-6-15(7-10-22)19-20-18(21-25-19)16-8-11-24-13-16/h1-5,15-16H,6-13H2/t16-/m0/s1. The Hall–Kier alpha value is -2.21. The van der Waals surface area contributed by atoms with Crippen molar-refractivity contribution in [3.8, 4) is 0 Å². The van der Waals surface area contributed by atoms with Gasteiger partial charge in [0.05, 0.1) is 13.0 Å². The van der Waals surface area contributed by atoms with E-state index in [1.54, 1.807) is 0 Å². The highest BCUT2D eigenvalue weighted by Crippen LogP contribution is 2.29. The summed E-state index contributed by atoms with van der Waals surface area (Å²) in [5.41, 5.74) is 1.06. The number of piperidine rings is 1. The van der Waals surface area contributed by atoms with E-state index < -0.39 is 0 Å². The maximum atomic E-state index is 12.4. The highest BCUT2D eigenvalue weighted by molar-refractivity contribution is 5.78. The van der Waals surface area contributed by atoms with Crippen LogP contribution in [-0.4, -0.2) is 47.3 Å². The normalized spacial score (nSPS) is 21.6. The minimum atomic E-state index is 0.193. The second kappa shape index (κ2) is 7.35. The fourth-order valence-electron chi connectivity index (χ4n) is 3.58. The molecule has 2 aliphatic heterocycles. The summed E-state index contributed by atoms with van der Waals surface area (Å²) in [6.45, 7) is 2.96. The number of hydrogen-bond donors (Lipinski definition) is 0. The average molecular weight is 341 g/mol. The van der Waals surface area contributed by atoms with Crippen LogP contribution in [0, 0.1) is 0 Å². The first kappa shape index (κ1) is 16.3. The topological polar surface area (TPSA) is 68.5 Å². The lowest BCUT2D eigenvalue weighted by atomic mass is 9.96. The number of likely N-dealkylation sites (tertiary alicyclic amines) is 1. The molecule has 1 aromatic heterocycles. The first-order chi connectivity index (χ1) is 12.3. The molecule has 0 spiro atoms. The van der Waals surface area contributed by atoms with Crippen molar-refractivity contribution >= 4 is 5.91 Å². The van der Waals surface area contributed by atoms with Gasteiger partial charge in [-0.2, -0.15) is 4.98 Å². The summed E-state index contributed by atoms with van der Waals surface area (Å²) in [6.07, 6.45) is 3.19. The van der Waals surface area contributed by atoms with Crippen LogP contribution in [0.3, 0.4) is 0 Å². The molecule has 1 aromatic carbocycles. The maximum absolute atomic E-state index is 12.4. The Balaban J connectivity index is 1.31. The van der Waals surface area contributed by atoms with Gasteiger partial charge in [-0.1, -0.05) is 35.5 Å². The Labute approximate surface area is 147 Å². The first-order valence-electron chi connectivity index (χ1n) is 9.02. The Morgan fingerprint density at radius 2 is 1.92 bits per heavy atom. The molecule has 0 unspecified atom stereocenters. The van der Waals surface area contributed by atoms with Gasteiger partial charge in [0, 0.05) is 31.5 Å². The van der Waals surface area contributed by atoms with Gasteiger partial charge in [0.2, 0.25) is 11.8 Å². The third kappa shape index (κ3) is 3.74. The zero-order chi connectivity index (χ0) is 17.1. The number of ether oxygens (including phenoxy) is 1. The molecular formula is C19H23N3O3. The molecule has 132 valence electrons. The van der Waals surface area contributed by atoms with Gasteiger partial charge >= 0.3 is 0 Å². The molecule has 2 aromatic rings. The summed E-state index contributed by atoms with van der Waals surface area (Å²) >= 11 is 0. The Morgan fingerprint density at radius 1 is 1.12 bits per heavy atom. The van der Waals surface area contributed by atoms with Crippen LogP contribution in [0.5, 0.6) is 0 Å². The number of carbonyl (C=O) groups excluding carboxylic acids is 1. The monoisotopic (exact) mass is 341 g/mol. The van der Waals surface area contributed by atoms with E-state index in [1.807, 2.05) is 35.2 Å². The summed E-state index contributed by atoms with van der Waals surface area (Å²) in [4.78, 5) is 19.0. The fraction of sp³-hybridized carbons (Fsp3) is 0.526. The molecule has 0 aliphatic carbocycles. The summed E-state index contributed by atoms with van der Waals surface area (Å²) in [5, 5.41) is 4.14. The number of rotatable bonds is 4. The molecule has 6 heteroatoms. The van der Waals surface area contributed by atoms with E-state index in [1.165, 1.54) is 0 Å². The van der Waals surface area contributed by atoms with E-state index in [0.717, 1.165) is 56.2 Å². The summed E-state index contributed by atoms with van der Waals surface area (Å²) in [6, 6.07) is 9.90. The third-order valence-electron chi connectivity index (χ3n) is 5.15. The smallest absolute Gasteiger partial charge is 0.229 e. The Kier molecular flexibility index (Phi) is 4.78. The van der Waals surface area contributed by atoms with Crippen LogP contribution in [0.25, 0.3) is 0 Å². The summed E-state index contributed by atoms with van der Waals surface area (Å²) in [5.74, 6) is 2.21. The molecule has 2 fully saturated rings.